The Morgan fingerprint density at radius 3 is 1.50 bits per heavy atom. The van der Waals surface area contributed by atoms with E-state index in [0.29, 0.717) is 19.0 Å². The molecule has 0 aromatic heterocycles. The summed E-state index contributed by atoms with van der Waals surface area (Å²) in [5, 5.41) is 6.26. The first-order valence-corrected chi connectivity index (χ1v) is 6.61. The SMILES string of the molecule is CN=C(NCc1ccc(F)cc1)NCc1ccc(F)cc1.I. The van der Waals surface area contributed by atoms with Crippen LogP contribution in [0.25, 0.3) is 0 Å². The quantitative estimate of drug-likeness (QED) is 0.455. The van der Waals surface area contributed by atoms with Crippen LogP contribution in [0, 0.1) is 11.6 Å². The van der Waals surface area contributed by atoms with E-state index in [1.165, 1.54) is 24.3 Å². The van der Waals surface area contributed by atoms with Gasteiger partial charge in [0.25, 0.3) is 0 Å². The Hall–Kier alpha value is -1.70. The van der Waals surface area contributed by atoms with E-state index in [-0.39, 0.29) is 35.6 Å². The van der Waals surface area contributed by atoms with Crippen molar-refractivity contribution < 1.29 is 8.78 Å². The van der Waals surface area contributed by atoms with Gasteiger partial charge in [0, 0.05) is 20.1 Å². The molecule has 0 spiro atoms. The predicted octanol–water partition coefficient (Wildman–Crippen LogP) is 3.45. The molecule has 22 heavy (non-hydrogen) atoms. The molecule has 118 valence electrons. The van der Waals surface area contributed by atoms with Gasteiger partial charge in [0.15, 0.2) is 5.96 Å². The van der Waals surface area contributed by atoms with E-state index in [1.807, 2.05) is 0 Å². The van der Waals surface area contributed by atoms with Crippen molar-refractivity contribution in [2.75, 3.05) is 7.05 Å². The molecule has 0 aliphatic rings. The third-order valence-corrected chi connectivity index (χ3v) is 2.97. The van der Waals surface area contributed by atoms with Crippen molar-refractivity contribution in [3.8, 4) is 0 Å². The number of rotatable bonds is 4. The Labute approximate surface area is 145 Å². The number of hydrogen-bond acceptors (Lipinski definition) is 1. The number of guanidine groups is 1. The van der Waals surface area contributed by atoms with Gasteiger partial charge in [-0.25, -0.2) is 8.78 Å². The van der Waals surface area contributed by atoms with Gasteiger partial charge in [-0.3, -0.25) is 4.99 Å². The van der Waals surface area contributed by atoms with Crippen LogP contribution in [-0.4, -0.2) is 13.0 Å². The summed E-state index contributed by atoms with van der Waals surface area (Å²) in [7, 11) is 1.67. The zero-order valence-electron chi connectivity index (χ0n) is 12.1. The average molecular weight is 417 g/mol. The topological polar surface area (TPSA) is 36.4 Å². The van der Waals surface area contributed by atoms with Crippen LogP contribution in [0.4, 0.5) is 8.78 Å². The van der Waals surface area contributed by atoms with Gasteiger partial charge < -0.3 is 10.6 Å². The van der Waals surface area contributed by atoms with Crippen LogP contribution in [-0.2, 0) is 13.1 Å². The van der Waals surface area contributed by atoms with Crippen molar-refractivity contribution >= 4 is 29.9 Å². The minimum absolute atomic E-state index is 0. The second-order valence-corrected chi connectivity index (χ2v) is 4.53. The Morgan fingerprint density at radius 2 is 1.18 bits per heavy atom. The molecule has 0 saturated heterocycles. The predicted molar refractivity (Wildman–Crippen MR) is 95.3 cm³/mol. The van der Waals surface area contributed by atoms with Crippen LogP contribution in [0.5, 0.6) is 0 Å². The lowest BCUT2D eigenvalue weighted by molar-refractivity contribution is 0.626. The Balaban J connectivity index is 0.00000242. The molecule has 6 heteroatoms. The lowest BCUT2D eigenvalue weighted by Crippen LogP contribution is -2.36. The highest BCUT2D eigenvalue weighted by Crippen LogP contribution is 2.03. The molecule has 0 unspecified atom stereocenters. The van der Waals surface area contributed by atoms with Crippen LogP contribution in [0.1, 0.15) is 11.1 Å². The Bertz CT molecular complexity index is 546. The molecule has 0 atom stereocenters. The van der Waals surface area contributed by atoms with Crippen molar-refractivity contribution in [1.82, 2.24) is 10.6 Å². The Morgan fingerprint density at radius 1 is 0.818 bits per heavy atom. The van der Waals surface area contributed by atoms with E-state index in [0.717, 1.165) is 11.1 Å². The molecule has 2 N–H and O–H groups in total. The summed E-state index contributed by atoms with van der Waals surface area (Å²) >= 11 is 0. The summed E-state index contributed by atoms with van der Waals surface area (Å²) < 4.78 is 25.6. The molecule has 2 aromatic carbocycles. The van der Waals surface area contributed by atoms with Crippen molar-refractivity contribution in [1.29, 1.82) is 0 Å². The van der Waals surface area contributed by atoms with Crippen molar-refractivity contribution in [3.63, 3.8) is 0 Å². The lowest BCUT2D eigenvalue weighted by atomic mass is 10.2. The van der Waals surface area contributed by atoms with E-state index in [4.69, 9.17) is 0 Å². The second kappa shape index (κ2) is 9.34. The molecule has 0 bridgehead atoms. The smallest absolute Gasteiger partial charge is 0.191 e. The summed E-state index contributed by atoms with van der Waals surface area (Å²) in [6.45, 7) is 1.09. The zero-order valence-corrected chi connectivity index (χ0v) is 14.5. The number of nitrogens with one attached hydrogen (secondary N) is 2. The molecular formula is C16H18F2IN3. The van der Waals surface area contributed by atoms with Crippen LogP contribution < -0.4 is 10.6 Å². The van der Waals surface area contributed by atoms with Gasteiger partial charge in [0.1, 0.15) is 11.6 Å². The van der Waals surface area contributed by atoms with Crippen LogP contribution in [0.2, 0.25) is 0 Å². The fourth-order valence-corrected chi connectivity index (χ4v) is 1.80. The number of benzene rings is 2. The number of nitrogens with zero attached hydrogens (tertiary/aromatic N) is 1. The molecule has 0 fully saturated rings. The maximum atomic E-state index is 12.8. The van der Waals surface area contributed by atoms with E-state index in [1.54, 1.807) is 31.3 Å². The molecule has 0 aliphatic carbocycles. The summed E-state index contributed by atoms with van der Waals surface area (Å²) in [5.74, 6) is 0.124. The second-order valence-electron chi connectivity index (χ2n) is 4.53. The number of hydrogen-bond donors (Lipinski definition) is 2. The fourth-order valence-electron chi connectivity index (χ4n) is 1.80. The summed E-state index contributed by atoms with van der Waals surface area (Å²) in [4.78, 5) is 4.10. The van der Waals surface area contributed by atoms with Gasteiger partial charge in [-0.15, -0.1) is 24.0 Å². The Kier molecular flexibility index (Phi) is 7.79. The van der Waals surface area contributed by atoms with E-state index in [9.17, 15) is 8.78 Å². The van der Waals surface area contributed by atoms with Gasteiger partial charge in [-0.1, -0.05) is 24.3 Å². The zero-order chi connectivity index (χ0) is 15.1. The lowest BCUT2D eigenvalue weighted by Gasteiger charge is -2.12. The minimum Gasteiger partial charge on any atom is -0.352 e. The molecule has 0 saturated carbocycles. The van der Waals surface area contributed by atoms with Gasteiger partial charge in [-0.05, 0) is 35.4 Å². The third-order valence-electron chi connectivity index (χ3n) is 2.97. The molecule has 2 aromatic rings. The molecular weight excluding hydrogens is 399 g/mol. The molecule has 0 radical (unpaired) electrons. The molecule has 0 amide bonds. The number of aliphatic imine (C=N–C) groups is 1. The summed E-state index contributed by atoms with van der Waals surface area (Å²) in [6.07, 6.45) is 0. The van der Waals surface area contributed by atoms with Crippen LogP contribution in [0.15, 0.2) is 53.5 Å². The minimum atomic E-state index is -0.252. The van der Waals surface area contributed by atoms with Gasteiger partial charge in [0.05, 0.1) is 0 Å². The molecule has 0 heterocycles. The maximum Gasteiger partial charge on any atom is 0.191 e. The maximum absolute atomic E-state index is 12.8. The van der Waals surface area contributed by atoms with Crippen LogP contribution in [0.3, 0.4) is 0 Å². The highest BCUT2D eigenvalue weighted by Gasteiger charge is 2.00. The van der Waals surface area contributed by atoms with Crippen molar-refractivity contribution in [3.05, 3.63) is 71.3 Å². The first kappa shape index (κ1) is 18.3. The fraction of sp³-hybridized carbons (Fsp3) is 0.188. The van der Waals surface area contributed by atoms with E-state index in [2.05, 4.69) is 15.6 Å². The first-order valence-electron chi connectivity index (χ1n) is 6.61. The van der Waals surface area contributed by atoms with Gasteiger partial charge in [0.2, 0.25) is 0 Å². The van der Waals surface area contributed by atoms with E-state index >= 15 is 0 Å². The highest BCUT2D eigenvalue weighted by atomic mass is 127. The molecule has 0 aliphatic heterocycles. The van der Waals surface area contributed by atoms with Crippen molar-refractivity contribution in [2.45, 2.75) is 13.1 Å². The highest BCUT2D eigenvalue weighted by molar-refractivity contribution is 14.0. The van der Waals surface area contributed by atoms with Gasteiger partial charge >= 0.3 is 0 Å². The summed E-state index contributed by atoms with van der Waals surface area (Å²) in [5.41, 5.74) is 1.92. The molecule has 2 rings (SSSR count). The molecule has 3 nitrogen and oxygen atoms in total. The largest absolute Gasteiger partial charge is 0.352 e. The standard InChI is InChI=1S/C16H17F2N3.HI/c1-19-16(20-10-12-2-6-14(17)7-3-12)21-11-13-4-8-15(18)9-5-13;/h2-9H,10-11H2,1H3,(H2,19,20,21);1H. The van der Waals surface area contributed by atoms with Crippen LogP contribution >= 0.6 is 24.0 Å². The van der Waals surface area contributed by atoms with E-state index < -0.39 is 0 Å². The van der Waals surface area contributed by atoms with Gasteiger partial charge in [-0.2, -0.15) is 0 Å². The third kappa shape index (κ3) is 5.97. The number of halogens is 3. The average Bonchev–Trinajstić information content (AvgIpc) is 2.51. The first-order chi connectivity index (χ1) is 10.2. The summed E-state index contributed by atoms with van der Waals surface area (Å²) in [6, 6.07) is 12.6. The monoisotopic (exact) mass is 417 g/mol. The van der Waals surface area contributed by atoms with Crippen molar-refractivity contribution in [2.24, 2.45) is 4.99 Å². The normalized spacial score (nSPS) is 9.59.